The third-order valence-electron chi connectivity index (χ3n) is 2.78. The molecule has 0 spiro atoms. The van der Waals surface area contributed by atoms with Crippen LogP contribution in [0.2, 0.25) is 0 Å². The van der Waals surface area contributed by atoms with E-state index in [1.165, 1.54) is 7.11 Å². The van der Waals surface area contributed by atoms with Gasteiger partial charge < -0.3 is 10.1 Å². The van der Waals surface area contributed by atoms with Crippen LogP contribution in [0.15, 0.2) is 42.5 Å². The zero-order valence-electron chi connectivity index (χ0n) is 10.5. The van der Waals surface area contributed by atoms with E-state index in [0.29, 0.717) is 23.4 Å². The summed E-state index contributed by atoms with van der Waals surface area (Å²) >= 11 is 0. The molecule has 0 unspecified atom stereocenters. The second kappa shape index (κ2) is 5.87. The number of nitrogens with one attached hydrogen (secondary N) is 1. The van der Waals surface area contributed by atoms with Crippen LogP contribution in [0.3, 0.4) is 0 Å². The summed E-state index contributed by atoms with van der Waals surface area (Å²) in [4.78, 5) is 0. The van der Waals surface area contributed by atoms with Crippen molar-refractivity contribution in [3.63, 3.8) is 0 Å². The molecule has 0 fully saturated rings. The standard InChI is InChI=1S/C15H13FN2O/c1-19-14-8-4-6-12(15(14)16)10-18-13-7-3-2-5-11(13)9-17/h2-8,18H,10H2,1H3. The Hall–Kier alpha value is -2.54. The van der Waals surface area contributed by atoms with Crippen molar-refractivity contribution in [2.24, 2.45) is 0 Å². The first-order valence-corrected chi connectivity index (χ1v) is 5.80. The summed E-state index contributed by atoms with van der Waals surface area (Å²) < 4.78 is 18.9. The fourth-order valence-corrected chi connectivity index (χ4v) is 1.78. The third kappa shape index (κ3) is 2.83. The molecule has 0 aliphatic rings. The van der Waals surface area contributed by atoms with Crippen molar-refractivity contribution in [1.82, 2.24) is 0 Å². The largest absolute Gasteiger partial charge is 0.494 e. The summed E-state index contributed by atoms with van der Waals surface area (Å²) in [6.07, 6.45) is 0. The van der Waals surface area contributed by atoms with E-state index in [-0.39, 0.29) is 11.6 Å². The lowest BCUT2D eigenvalue weighted by atomic mass is 10.1. The van der Waals surface area contributed by atoms with Crippen molar-refractivity contribution in [3.05, 3.63) is 59.4 Å². The molecule has 3 nitrogen and oxygen atoms in total. The van der Waals surface area contributed by atoms with Crippen molar-refractivity contribution >= 4 is 5.69 Å². The molecule has 0 saturated heterocycles. The van der Waals surface area contributed by atoms with E-state index >= 15 is 0 Å². The van der Waals surface area contributed by atoms with Crippen LogP contribution < -0.4 is 10.1 Å². The van der Waals surface area contributed by atoms with E-state index in [0.717, 1.165) is 0 Å². The number of benzene rings is 2. The number of nitrogens with zero attached hydrogens (tertiary/aromatic N) is 1. The molecule has 4 heteroatoms. The molecule has 0 aliphatic carbocycles. The van der Waals surface area contributed by atoms with Gasteiger partial charge >= 0.3 is 0 Å². The lowest BCUT2D eigenvalue weighted by molar-refractivity contribution is 0.384. The fourth-order valence-electron chi connectivity index (χ4n) is 1.78. The molecular weight excluding hydrogens is 243 g/mol. The minimum absolute atomic E-state index is 0.216. The zero-order chi connectivity index (χ0) is 13.7. The second-order valence-electron chi connectivity index (χ2n) is 3.94. The van der Waals surface area contributed by atoms with E-state index in [4.69, 9.17) is 10.00 Å². The smallest absolute Gasteiger partial charge is 0.170 e. The van der Waals surface area contributed by atoms with Crippen LogP contribution in [-0.4, -0.2) is 7.11 Å². The highest BCUT2D eigenvalue weighted by Crippen LogP contribution is 2.21. The third-order valence-corrected chi connectivity index (χ3v) is 2.78. The molecule has 1 N–H and O–H groups in total. The normalized spacial score (nSPS) is 9.74. The second-order valence-corrected chi connectivity index (χ2v) is 3.94. The van der Waals surface area contributed by atoms with Crippen LogP contribution in [0.1, 0.15) is 11.1 Å². The lowest BCUT2D eigenvalue weighted by Gasteiger charge is -2.10. The molecule has 0 amide bonds. The molecule has 19 heavy (non-hydrogen) atoms. The Bertz CT molecular complexity index is 620. The molecule has 2 rings (SSSR count). The Balaban J connectivity index is 2.17. The molecule has 0 aromatic heterocycles. The molecule has 0 radical (unpaired) electrons. The highest BCUT2D eigenvalue weighted by Gasteiger charge is 2.08. The molecule has 2 aromatic rings. The molecule has 0 bridgehead atoms. The van der Waals surface area contributed by atoms with Crippen LogP contribution >= 0.6 is 0 Å². The molecule has 0 saturated carbocycles. The van der Waals surface area contributed by atoms with Crippen LogP contribution in [0.5, 0.6) is 5.75 Å². The molecule has 96 valence electrons. The molecular formula is C15H13FN2O. The van der Waals surface area contributed by atoms with E-state index in [1.54, 1.807) is 36.4 Å². The van der Waals surface area contributed by atoms with Crippen LogP contribution in [0.25, 0.3) is 0 Å². The average Bonchev–Trinajstić information content (AvgIpc) is 2.46. The number of anilines is 1. The Morgan fingerprint density at radius 1 is 1.21 bits per heavy atom. The number of para-hydroxylation sites is 1. The highest BCUT2D eigenvalue weighted by molar-refractivity contribution is 5.57. The number of halogens is 1. The van der Waals surface area contributed by atoms with Gasteiger partial charge in [0.2, 0.25) is 0 Å². The SMILES string of the molecule is COc1cccc(CNc2ccccc2C#N)c1F. The fraction of sp³-hybridized carbons (Fsp3) is 0.133. The molecule has 2 aromatic carbocycles. The first kappa shape index (κ1) is 12.9. The first-order valence-electron chi connectivity index (χ1n) is 5.80. The predicted molar refractivity (Wildman–Crippen MR) is 71.4 cm³/mol. The van der Waals surface area contributed by atoms with E-state index in [1.807, 2.05) is 6.07 Å². The minimum Gasteiger partial charge on any atom is -0.494 e. The topological polar surface area (TPSA) is 45.0 Å². The van der Waals surface area contributed by atoms with Crippen molar-refractivity contribution in [1.29, 1.82) is 5.26 Å². The quantitative estimate of drug-likeness (QED) is 0.912. The highest BCUT2D eigenvalue weighted by atomic mass is 19.1. The minimum atomic E-state index is -0.382. The summed E-state index contributed by atoms with van der Waals surface area (Å²) in [5, 5.41) is 12.0. The monoisotopic (exact) mass is 256 g/mol. The van der Waals surface area contributed by atoms with Crippen LogP contribution in [-0.2, 0) is 6.54 Å². The number of methoxy groups -OCH3 is 1. The van der Waals surface area contributed by atoms with Crippen molar-refractivity contribution in [2.45, 2.75) is 6.54 Å². The molecule has 0 heterocycles. The number of hydrogen-bond donors (Lipinski definition) is 1. The van der Waals surface area contributed by atoms with Gasteiger partial charge in [0.1, 0.15) is 6.07 Å². The number of ether oxygens (including phenoxy) is 1. The van der Waals surface area contributed by atoms with Gasteiger partial charge in [0.25, 0.3) is 0 Å². The number of nitriles is 1. The van der Waals surface area contributed by atoms with Gasteiger partial charge in [0.05, 0.1) is 18.4 Å². The van der Waals surface area contributed by atoms with Crippen molar-refractivity contribution in [2.75, 3.05) is 12.4 Å². The summed E-state index contributed by atoms with van der Waals surface area (Å²) in [5.74, 6) is -0.167. The average molecular weight is 256 g/mol. The van der Waals surface area contributed by atoms with Gasteiger partial charge in [0, 0.05) is 12.1 Å². The van der Waals surface area contributed by atoms with E-state index < -0.39 is 0 Å². The zero-order valence-corrected chi connectivity index (χ0v) is 10.5. The van der Waals surface area contributed by atoms with E-state index in [2.05, 4.69) is 11.4 Å². The van der Waals surface area contributed by atoms with Gasteiger partial charge in [-0.25, -0.2) is 4.39 Å². The number of rotatable bonds is 4. The maximum absolute atomic E-state index is 13.9. The Labute approximate surface area is 111 Å². The molecule has 0 aliphatic heterocycles. The van der Waals surface area contributed by atoms with Crippen LogP contribution in [0.4, 0.5) is 10.1 Å². The van der Waals surface area contributed by atoms with Gasteiger partial charge in [-0.3, -0.25) is 0 Å². The Kier molecular flexibility index (Phi) is 3.99. The van der Waals surface area contributed by atoms with Crippen molar-refractivity contribution < 1.29 is 9.13 Å². The van der Waals surface area contributed by atoms with Gasteiger partial charge in [-0.15, -0.1) is 0 Å². The lowest BCUT2D eigenvalue weighted by Crippen LogP contribution is -2.04. The summed E-state index contributed by atoms with van der Waals surface area (Å²) in [7, 11) is 1.43. The van der Waals surface area contributed by atoms with Gasteiger partial charge in [0.15, 0.2) is 11.6 Å². The Morgan fingerprint density at radius 3 is 2.74 bits per heavy atom. The summed E-state index contributed by atoms with van der Waals surface area (Å²) in [5.41, 5.74) is 1.71. The maximum Gasteiger partial charge on any atom is 0.170 e. The van der Waals surface area contributed by atoms with Crippen molar-refractivity contribution in [3.8, 4) is 11.8 Å². The van der Waals surface area contributed by atoms with Gasteiger partial charge in [-0.2, -0.15) is 5.26 Å². The predicted octanol–water partition coefficient (Wildman–Crippen LogP) is 3.32. The summed E-state index contributed by atoms with van der Waals surface area (Å²) in [6.45, 7) is 0.293. The summed E-state index contributed by atoms with van der Waals surface area (Å²) in [6, 6.07) is 14.2. The Morgan fingerprint density at radius 2 is 2.00 bits per heavy atom. The maximum atomic E-state index is 13.9. The van der Waals surface area contributed by atoms with Crippen LogP contribution in [0, 0.1) is 17.1 Å². The van der Waals surface area contributed by atoms with Gasteiger partial charge in [-0.05, 0) is 18.2 Å². The number of hydrogen-bond acceptors (Lipinski definition) is 3. The van der Waals surface area contributed by atoms with E-state index in [9.17, 15) is 4.39 Å². The molecule has 0 atom stereocenters. The van der Waals surface area contributed by atoms with Gasteiger partial charge in [-0.1, -0.05) is 24.3 Å². The first-order chi connectivity index (χ1) is 9.26.